The van der Waals surface area contributed by atoms with Gasteiger partial charge in [-0.25, -0.2) is 0 Å². The van der Waals surface area contributed by atoms with Crippen LogP contribution in [0.2, 0.25) is 39.3 Å². The molecule has 0 aromatic rings. The summed E-state index contributed by atoms with van der Waals surface area (Å²) in [6.45, 7) is 17.1. The molecule has 0 amide bonds. The first-order valence-corrected chi connectivity index (χ1v) is 13.3. The third-order valence-corrected chi connectivity index (χ3v) is 9.40. The molecule has 0 aliphatic heterocycles. The molecule has 0 aromatic carbocycles. The summed E-state index contributed by atoms with van der Waals surface area (Å²) in [7, 11) is -3.39. The van der Waals surface area contributed by atoms with Crippen molar-refractivity contribution < 1.29 is 8.23 Å². The number of hydrogen-bond donors (Lipinski definition) is 0. The maximum absolute atomic E-state index is 5.96. The summed E-state index contributed by atoms with van der Waals surface area (Å²) >= 11 is 0. The van der Waals surface area contributed by atoms with Gasteiger partial charge in [0.2, 0.25) is 0 Å². The molecule has 0 radical (unpaired) electrons. The summed E-state index contributed by atoms with van der Waals surface area (Å²) in [4.78, 5) is 0. The van der Waals surface area contributed by atoms with Crippen LogP contribution in [0.4, 0.5) is 0 Å². The van der Waals surface area contributed by atoms with Crippen LogP contribution in [0.1, 0.15) is 13.8 Å². The average molecular weight is 239 g/mol. The van der Waals surface area contributed by atoms with E-state index in [2.05, 4.69) is 39.3 Å². The summed E-state index contributed by atoms with van der Waals surface area (Å²) in [5.74, 6) is 0. The van der Waals surface area contributed by atoms with Gasteiger partial charge in [-0.2, -0.15) is 0 Å². The van der Waals surface area contributed by atoms with E-state index in [-0.39, 0.29) is 9.76 Å². The van der Waals surface area contributed by atoms with Crippen LogP contribution in [-0.2, 0) is 8.23 Å². The van der Waals surface area contributed by atoms with Gasteiger partial charge in [0.1, 0.15) is 9.76 Å². The number of rotatable bonds is 4. The molecule has 0 fully saturated rings. The third kappa shape index (κ3) is 12.6. The van der Waals surface area contributed by atoms with E-state index in [9.17, 15) is 0 Å². The molecule has 2 nitrogen and oxygen atoms in total. The highest BCUT2D eigenvalue weighted by Gasteiger charge is 2.30. The van der Waals surface area contributed by atoms with Crippen LogP contribution >= 0.6 is 0 Å². The summed E-state index contributed by atoms with van der Waals surface area (Å²) in [6, 6.07) is 0. The van der Waals surface area contributed by atoms with E-state index in [0.717, 1.165) is 0 Å². The SMILES string of the molecule is CC.C[SiH2]O[Si](C)(C)O[Si](C)(C)C. The zero-order valence-corrected chi connectivity index (χ0v) is 13.9. The fourth-order valence-corrected chi connectivity index (χ4v) is 10.6. The first-order chi connectivity index (χ1) is 5.77. The highest BCUT2D eigenvalue weighted by molar-refractivity contribution is 6.82. The van der Waals surface area contributed by atoms with Crippen LogP contribution in [0.3, 0.4) is 0 Å². The molecular formula is C8H26O2Si3. The minimum absolute atomic E-state index is 0.300. The van der Waals surface area contributed by atoms with Crippen molar-refractivity contribution in [3.05, 3.63) is 0 Å². The van der Waals surface area contributed by atoms with Gasteiger partial charge in [-0.15, -0.1) is 0 Å². The van der Waals surface area contributed by atoms with Gasteiger partial charge in [0.05, 0.1) is 0 Å². The fourth-order valence-electron chi connectivity index (χ4n) is 1.11. The van der Waals surface area contributed by atoms with Gasteiger partial charge >= 0.3 is 8.56 Å². The second-order valence-electron chi connectivity index (χ2n) is 4.05. The molecule has 0 saturated heterocycles. The van der Waals surface area contributed by atoms with E-state index in [0.29, 0.717) is 0 Å². The van der Waals surface area contributed by atoms with Crippen molar-refractivity contribution >= 4 is 26.6 Å². The van der Waals surface area contributed by atoms with E-state index in [1.165, 1.54) is 0 Å². The lowest BCUT2D eigenvalue weighted by Gasteiger charge is -2.30. The molecular weight excluding hydrogens is 212 g/mol. The first kappa shape index (κ1) is 16.0. The van der Waals surface area contributed by atoms with Gasteiger partial charge in [-0.3, -0.25) is 0 Å². The quantitative estimate of drug-likeness (QED) is 0.701. The molecule has 0 heterocycles. The van der Waals surface area contributed by atoms with Gasteiger partial charge < -0.3 is 8.23 Å². The lowest BCUT2D eigenvalue weighted by molar-refractivity contribution is 0.412. The summed E-state index contributed by atoms with van der Waals surface area (Å²) < 4.78 is 11.7. The molecule has 0 saturated carbocycles. The highest BCUT2D eigenvalue weighted by Crippen LogP contribution is 2.14. The summed E-state index contributed by atoms with van der Waals surface area (Å²) in [6.07, 6.45) is 0. The van der Waals surface area contributed by atoms with Crippen LogP contribution in [-0.4, -0.2) is 26.6 Å². The lowest BCUT2D eigenvalue weighted by atomic mass is 11.0. The third-order valence-electron chi connectivity index (χ3n) is 1.04. The highest BCUT2D eigenvalue weighted by atomic mass is 28.5. The Morgan fingerprint density at radius 3 is 1.54 bits per heavy atom. The Labute approximate surface area is 88.4 Å². The minimum Gasteiger partial charge on any atom is -0.442 e. The zero-order valence-electron chi connectivity index (χ0n) is 10.5. The Kier molecular flexibility index (Phi) is 8.55. The van der Waals surface area contributed by atoms with Crippen molar-refractivity contribution in [3.63, 3.8) is 0 Å². The van der Waals surface area contributed by atoms with Crippen LogP contribution in [0.5, 0.6) is 0 Å². The Bertz CT molecular complexity index is 121. The topological polar surface area (TPSA) is 18.5 Å². The van der Waals surface area contributed by atoms with Crippen molar-refractivity contribution in [2.75, 3.05) is 0 Å². The fraction of sp³-hybridized carbons (Fsp3) is 1.00. The largest absolute Gasteiger partial charge is 0.442 e. The Hall–Kier alpha value is 0.571. The summed E-state index contributed by atoms with van der Waals surface area (Å²) in [5, 5.41) is 0. The molecule has 82 valence electrons. The Morgan fingerprint density at radius 2 is 1.31 bits per heavy atom. The molecule has 0 spiro atoms. The van der Waals surface area contributed by atoms with Crippen molar-refractivity contribution in [2.24, 2.45) is 0 Å². The molecule has 0 rings (SSSR count). The van der Waals surface area contributed by atoms with Gasteiger partial charge in [-0.05, 0) is 32.7 Å². The normalized spacial score (nSPS) is 12.9. The minimum atomic E-state index is -1.72. The van der Waals surface area contributed by atoms with Gasteiger partial charge in [0.25, 0.3) is 0 Å². The van der Waals surface area contributed by atoms with E-state index < -0.39 is 16.9 Å². The monoisotopic (exact) mass is 238 g/mol. The molecule has 0 unspecified atom stereocenters. The van der Waals surface area contributed by atoms with Crippen molar-refractivity contribution in [1.29, 1.82) is 0 Å². The Balaban J connectivity index is 0. The first-order valence-electron chi connectivity index (χ1n) is 5.11. The molecule has 0 aromatic heterocycles. The van der Waals surface area contributed by atoms with E-state index >= 15 is 0 Å². The van der Waals surface area contributed by atoms with Crippen LogP contribution in [0.25, 0.3) is 0 Å². The van der Waals surface area contributed by atoms with E-state index in [1.807, 2.05) is 13.8 Å². The van der Waals surface area contributed by atoms with Gasteiger partial charge in [-0.1, -0.05) is 20.4 Å². The van der Waals surface area contributed by atoms with Gasteiger partial charge in [0.15, 0.2) is 8.32 Å². The molecule has 0 bridgehead atoms. The Morgan fingerprint density at radius 1 is 0.923 bits per heavy atom. The predicted molar refractivity (Wildman–Crippen MR) is 68.8 cm³/mol. The molecule has 0 aliphatic rings. The maximum Gasteiger partial charge on any atom is 0.310 e. The summed E-state index contributed by atoms with van der Waals surface area (Å²) in [5.41, 5.74) is 0. The average Bonchev–Trinajstić information content (AvgIpc) is 1.85. The smallest absolute Gasteiger partial charge is 0.310 e. The predicted octanol–water partition coefficient (Wildman–Crippen LogP) is 2.71. The lowest BCUT2D eigenvalue weighted by Crippen LogP contribution is -2.45. The van der Waals surface area contributed by atoms with Crippen molar-refractivity contribution in [2.45, 2.75) is 53.1 Å². The molecule has 0 aliphatic carbocycles. The van der Waals surface area contributed by atoms with Crippen molar-refractivity contribution in [3.8, 4) is 0 Å². The van der Waals surface area contributed by atoms with E-state index in [4.69, 9.17) is 8.23 Å². The molecule has 0 N–H and O–H groups in total. The molecule has 0 atom stereocenters. The second-order valence-corrected chi connectivity index (χ2v) is 13.6. The number of hydrogen-bond acceptors (Lipinski definition) is 2. The van der Waals surface area contributed by atoms with Crippen LogP contribution in [0, 0.1) is 0 Å². The van der Waals surface area contributed by atoms with Gasteiger partial charge in [0, 0.05) is 0 Å². The zero-order chi connectivity index (χ0) is 11.1. The molecule has 5 heteroatoms. The molecule has 13 heavy (non-hydrogen) atoms. The second kappa shape index (κ2) is 6.94. The standard InChI is InChI=1S/C6H20O2Si3.C2H6/c1-9-7-11(5,6)8-10(2,3)4;1-2/h9H2,1-6H3;1-2H3. The van der Waals surface area contributed by atoms with E-state index in [1.54, 1.807) is 0 Å². The van der Waals surface area contributed by atoms with Crippen LogP contribution in [0.15, 0.2) is 0 Å². The van der Waals surface area contributed by atoms with Crippen LogP contribution < -0.4 is 0 Å². The van der Waals surface area contributed by atoms with Crippen molar-refractivity contribution in [1.82, 2.24) is 0 Å². The maximum atomic E-state index is 5.96.